The monoisotopic (exact) mass is 327 g/mol. The summed E-state index contributed by atoms with van der Waals surface area (Å²) in [6.07, 6.45) is 0. The van der Waals surface area contributed by atoms with Gasteiger partial charge in [-0.05, 0) is 55.3 Å². The Bertz CT molecular complexity index is 581. The molecule has 2 aromatic carbocycles. The first-order valence-corrected chi connectivity index (χ1v) is 7.57. The lowest BCUT2D eigenvalue weighted by molar-refractivity contribution is 0.495. The third-order valence-corrected chi connectivity index (χ3v) is 4.13. The molecule has 1 unspecified atom stereocenters. The van der Waals surface area contributed by atoms with Crippen molar-refractivity contribution in [3.8, 4) is 0 Å². The molecule has 4 heteroatoms. The van der Waals surface area contributed by atoms with Crippen LogP contribution >= 0.6 is 34.8 Å². The molecule has 0 saturated carbocycles. The topological polar surface area (TPSA) is 12.0 Å². The van der Waals surface area contributed by atoms with Gasteiger partial charge in [0, 0.05) is 27.2 Å². The molecule has 2 atom stereocenters. The lowest BCUT2D eigenvalue weighted by Gasteiger charge is -2.22. The fourth-order valence-electron chi connectivity index (χ4n) is 2.16. The summed E-state index contributed by atoms with van der Waals surface area (Å²) in [6.45, 7) is 4.18. The highest BCUT2D eigenvalue weighted by atomic mass is 35.5. The largest absolute Gasteiger partial charge is 0.304 e. The minimum atomic E-state index is 0.104. The van der Waals surface area contributed by atoms with Crippen LogP contribution in [0.1, 0.15) is 37.1 Å². The zero-order valence-corrected chi connectivity index (χ0v) is 13.6. The first-order chi connectivity index (χ1) is 9.47. The molecule has 106 valence electrons. The van der Waals surface area contributed by atoms with Gasteiger partial charge >= 0.3 is 0 Å². The van der Waals surface area contributed by atoms with E-state index in [0.717, 1.165) is 15.6 Å². The SMILES string of the molecule is CC(N[C@@H](C)c1ccc(Cl)cc1)c1cc(Cl)ccc1Cl. The average molecular weight is 329 g/mol. The summed E-state index contributed by atoms with van der Waals surface area (Å²) in [5.74, 6) is 0. The van der Waals surface area contributed by atoms with Crippen LogP contribution in [-0.4, -0.2) is 0 Å². The van der Waals surface area contributed by atoms with Crippen molar-refractivity contribution in [2.24, 2.45) is 0 Å². The van der Waals surface area contributed by atoms with Crippen molar-refractivity contribution in [1.29, 1.82) is 0 Å². The summed E-state index contributed by atoms with van der Waals surface area (Å²) in [7, 11) is 0. The first kappa shape index (κ1) is 15.7. The summed E-state index contributed by atoms with van der Waals surface area (Å²) >= 11 is 18.2. The molecule has 0 aliphatic rings. The van der Waals surface area contributed by atoms with E-state index in [1.165, 1.54) is 5.56 Å². The molecule has 1 N–H and O–H groups in total. The number of hydrogen-bond donors (Lipinski definition) is 1. The van der Waals surface area contributed by atoms with Crippen LogP contribution in [0.15, 0.2) is 42.5 Å². The van der Waals surface area contributed by atoms with Gasteiger partial charge in [0.1, 0.15) is 0 Å². The molecule has 20 heavy (non-hydrogen) atoms. The van der Waals surface area contributed by atoms with Gasteiger partial charge in [0.05, 0.1) is 0 Å². The zero-order valence-electron chi connectivity index (χ0n) is 11.3. The smallest absolute Gasteiger partial charge is 0.0454 e. The minimum absolute atomic E-state index is 0.104. The van der Waals surface area contributed by atoms with Crippen LogP contribution in [0.4, 0.5) is 0 Å². The summed E-state index contributed by atoms with van der Waals surface area (Å²) in [5, 5.41) is 5.67. The molecule has 0 saturated heterocycles. The number of halogens is 3. The second kappa shape index (κ2) is 6.82. The maximum Gasteiger partial charge on any atom is 0.0454 e. The van der Waals surface area contributed by atoms with E-state index in [0.29, 0.717) is 5.02 Å². The lowest BCUT2D eigenvalue weighted by Crippen LogP contribution is -2.22. The Kier molecular flexibility index (Phi) is 5.34. The van der Waals surface area contributed by atoms with E-state index in [4.69, 9.17) is 34.8 Å². The van der Waals surface area contributed by atoms with E-state index in [2.05, 4.69) is 19.2 Å². The molecule has 0 bridgehead atoms. The van der Waals surface area contributed by atoms with E-state index in [9.17, 15) is 0 Å². The summed E-state index contributed by atoms with van der Waals surface area (Å²) < 4.78 is 0. The Morgan fingerprint density at radius 1 is 0.800 bits per heavy atom. The molecule has 2 rings (SSSR count). The second-order valence-corrected chi connectivity index (χ2v) is 6.11. The third kappa shape index (κ3) is 3.89. The Morgan fingerprint density at radius 3 is 2.05 bits per heavy atom. The van der Waals surface area contributed by atoms with Gasteiger partial charge in [-0.2, -0.15) is 0 Å². The van der Waals surface area contributed by atoms with Crippen LogP contribution in [0.2, 0.25) is 15.1 Å². The number of rotatable bonds is 4. The summed E-state index contributed by atoms with van der Waals surface area (Å²) in [5.41, 5.74) is 2.18. The predicted molar refractivity (Wildman–Crippen MR) is 87.9 cm³/mol. The highest BCUT2D eigenvalue weighted by molar-refractivity contribution is 6.33. The van der Waals surface area contributed by atoms with Crippen molar-refractivity contribution in [1.82, 2.24) is 5.32 Å². The highest BCUT2D eigenvalue weighted by Gasteiger charge is 2.14. The van der Waals surface area contributed by atoms with E-state index >= 15 is 0 Å². The Balaban J connectivity index is 2.12. The van der Waals surface area contributed by atoms with E-state index in [-0.39, 0.29) is 12.1 Å². The van der Waals surface area contributed by atoms with Gasteiger partial charge in [-0.25, -0.2) is 0 Å². The normalized spacial score (nSPS) is 14.1. The van der Waals surface area contributed by atoms with E-state index < -0.39 is 0 Å². The van der Waals surface area contributed by atoms with Crippen LogP contribution in [-0.2, 0) is 0 Å². The number of hydrogen-bond acceptors (Lipinski definition) is 1. The molecule has 0 aliphatic heterocycles. The molecule has 2 aromatic rings. The fourth-order valence-corrected chi connectivity index (χ4v) is 2.75. The molecule has 0 radical (unpaired) electrons. The molecule has 0 amide bonds. The van der Waals surface area contributed by atoms with Crippen molar-refractivity contribution in [3.63, 3.8) is 0 Å². The number of nitrogens with one attached hydrogen (secondary N) is 1. The van der Waals surface area contributed by atoms with Crippen LogP contribution in [0.25, 0.3) is 0 Å². The van der Waals surface area contributed by atoms with Gasteiger partial charge in [-0.1, -0.05) is 46.9 Å². The third-order valence-electron chi connectivity index (χ3n) is 3.29. The van der Waals surface area contributed by atoms with Crippen LogP contribution in [0, 0.1) is 0 Å². The predicted octanol–water partition coefficient (Wildman–Crippen LogP) is 6.06. The molecule has 0 heterocycles. The van der Waals surface area contributed by atoms with Crippen LogP contribution in [0.5, 0.6) is 0 Å². The second-order valence-electron chi connectivity index (χ2n) is 4.83. The molecular weight excluding hydrogens is 313 g/mol. The Morgan fingerprint density at radius 2 is 1.40 bits per heavy atom. The lowest BCUT2D eigenvalue weighted by atomic mass is 10.0. The quantitative estimate of drug-likeness (QED) is 0.719. The van der Waals surface area contributed by atoms with Gasteiger partial charge < -0.3 is 5.32 Å². The average Bonchev–Trinajstić information content (AvgIpc) is 2.42. The first-order valence-electron chi connectivity index (χ1n) is 6.44. The highest BCUT2D eigenvalue weighted by Crippen LogP contribution is 2.28. The van der Waals surface area contributed by atoms with Crippen molar-refractivity contribution < 1.29 is 0 Å². The van der Waals surface area contributed by atoms with Crippen molar-refractivity contribution in [2.45, 2.75) is 25.9 Å². The van der Waals surface area contributed by atoms with Crippen molar-refractivity contribution in [3.05, 3.63) is 68.7 Å². The molecular formula is C16H16Cl3N. The van der Waals surface area contributed by atoms with Gasteiger partial charge in [-0.3, -0.25) is 0 Å². The van der Waals surface area contributed by atoms with Crippen LogP contribution in [0.3, 0.4) is 0 Å². The molecule has 0 aromatic heterocycles. The molecule has 0 aliphatic carbocycles. The fraction of sp³-hybridized carbons (Fsp3) is 0.250. The van der Waals surface area contributed by atoms with E-state index in [1.54, 1.807) is 6.07 Å². The Hall–Kier alpha value is -0.730. The maximum absolute atomic E-state index is 6.23. The Labute approximate surface area is 134 Å². The van der Waals surface area contributed by atoms with Gasteiger partial charge in [0.25, 0.3) is 0 Å². The standard InChI is InChI=1S/C16H16Cl3N/c1-10(12-3-5-13(17)6-4-12)20-11(2)15-9-14(18)7-8-16(15)19/h3-11,20H,1-2H3/t10-,11?/m0/s1. The van der Waals surface area contributed by atoms with E-state index in [1.807, 2.05) is 36.4 Å². The minimum Gasteiger partial charge on any atom is -0.304 e. The van der Waals surface area contributed by atoms with Gasteiger partial charge in [-0.15, -0.1) is 0 Å². The van der Waals surface area contributed by atoms with Crippen LogP contribution < -0.4 is 5.32 Å². The van der Waals surface area contributed by atoms with Gasteiger partial charge in [0.15, 0.2) is 0 Å². The summed E-state index contributed by atoms with van der Waals surface area (Å²) in [4.78, 5) is 0. The molecule has 1 nitrogen and oxygen atoms in total. The molecule has 0 spiro atoms. The zero-order chi connectivity index (χ0) is 14.7. The van der Waals surface area contributed by atoms with Gasteiger partial charge in [0.2, 0.25) is 0 Å². The number of benzene rings is 2. The summed E-state index contributed by atoms with van der Waals surface area (Å²) in [6, 6.07) is 13.6. The molecule has 0 fully saturated rings. The van der Waals surface area contributed by atoms with Crippen molar-refractivity contribution >= 4 is 34.8 Å². The van der Waals surface area contributed by atoms with Crippen molar-refractivity contribution in [2.75, 3.05) is 0 Å². The maximum atomic E-state index is 6.23.